The first-order valence-electron chi connectivity index (χ1n) is 11.2. The van der Waals surface area contributed by atoms with Gasteiger partial charge in [0.1, 0.15) is 10.8 Å². The summed E-state index contributed by atoms with van der Waals surface area (Å²) in [7, 11) is 3.13. The number of amides is 1. The summed E-state index contributed by atoms with van der Waals surface area (Å²) < 4.78 is 12.3. The zero-order valence-electron chi connectivity index (χ0n) is 19.9. The zero-order chi connectivity index (χ0) is 25.5. The number of hydrogen-bond acceptors (Lipinski definition) is 6. The van der Waals surface area contributed by atoms with Gasteiger partial charge in [-0.1, -0.05) is 41.9 Å². The Hall–Kier alpha value is -3.95. The second-order valence-electron chi connectivity index (χ2n) is 8.09. The van der Waals surface area contributed by atoms with E-state index in [1.165, 1.54) is 19.4 Å². The van der Waals surface area contributed by atoms with Gasteiger partial charge in [-0.15, -0.1) is 0 Å². The Bertz CT molecular complexity index is 1380. The summed E-state index contributed by atoms with van der Waals surface area (Å²) in [5.74, 6) is -0.0828. The Labute approximate surface area is 213 Å². The molecule has 0 aliphatic rings. The van der Waals surface area contributed by atoms with Crippen molar-refractivity contribution in [2.45, 2.75) is 19.0 Å². The Kier molecular flexibility index (Phi) is 8.14. The number of carbonyl (C=O) groups excluding carboxylic acids is 1. The zero-order valence-corrected chi connectivity index (χ0v) is 20.7. The number of H-pyrrole nitrogens is 1. The molecular weight excluding hydrogens is 482 g/mol. The number of pyridine rings is 2. The van der Waals surface area contributed by atoms with Crippen molar-refractivity contribution in [1.29, 1.82) is 0 Å². The van der Waals surface area contributed by atoms with Gasteiger partial charge in [0.05, 0.1) is 49.7 Å². The van der Waals surface area contributed by atoms with Crippen LogP contribution in [-0.4, -0.2) is 46.5 Å². The van der Waals surface area contributed by atoms with Crippen LogP contribution in [0.3, 0.4) is 0 Å². The van der Waals surface area contributed by atoms with Crippen LogP contribution in [0, 0.1) is 0 Å². The number of ether oxygens (including phenoxy) is 2. The maximum Gasteiger partial charge on any atom is 0.255 e. The summed E-state index contributed by atoms with van der Waals surface area (Å²) in [4.78, 5) is 29.3. The van der Waals surface area contributed by atoms with E-state index in [0.29, 0.717) is 40.9 Å². The molecule has 36 heavy (non-hydrogen) atoms. The van der Waals surface area contributed by atoms with E-state index in [0.717, 1.165) is 11.1 Å². The van der Waals surface area contributed by atoms with Gasteiger partial charge < -0.3 is 19.4 Å². The van der Waals surface area contributed by atoms with E-state index in [2.05, 4.69) is 20.5 Å². The molecule has 4 aromatic rings. The maximum atomic E-state index is 13.0. The van der Waals surface area contributed by atoms with Crippen molar-refractivity contribution in [3.05, 3.63) is 111 Å². The molecule has 0 fully saturated rings. The molecule has 9 nitrogen and oxygen atoms in total. The fourth-order valence-corrected chi connectivity index (χ4v) is 4.05. The van der Waals surface area contributed by atoms with Crippen molar-refractivity contribution in [3.8, 4) is 5.75 Å². The SMILES string of the molecule is COCC(c1ccc(Cn2ccccc2=O)cc1)c1n[nH]cc1C(=O)NCc1cc(OC)c(Cl)cn1. The average Bonchev–Trinajstić information content (AvgIpc) is 3.38. The van der Waals surface area contributed by atoms with Gasteiger partial charge in [-0.25, -0.2) is 0 Å². The predicted molar refractivity (Wildman–Crippen MR) is 136 cm³/mol. The van der Waals surface area contributed by atoms with Gasteiger partial charge in [-0.3, -0.25) is 19.7 Å². The molecule has 0 saturated heterocycles. The van der Waals surface area contributed by atoms with Crippen LogP contribution in [0.15, 0.2) is 71.9 Å². The van der Waals surface area contributed by atoms with Crippen LogP contribution in [0.2, 0.25) is 5.02 Å². The van der Waals surface area contributed by atoms with E-state index in [9.17, 15) is 9.59 Å². The first-order chi connectivity index (χ1) is 17.5. The molecule has 3 aromatic heterocycles. The Morgan fingerprint density at radius 1 is 1.19 bits per heavy atom. The number of methoxy groups -OCH3 is 2. The third kappa shape index (κ3) is 5.81. The van der Waals surface area contributed by atoms with Crippen molar-refractivity contribution in [2.24, 2.45) is 0 Å². The average molecular weight is 508 g/mol. The molecule has 186 valence electrons. The molecule has 3 heterocycles. The van der Waals surface area contributed by atoms with E-state index in [4.69, 9.17) is 21.1 Å². The monoisotopic (exact) mass is 507 g/mol. The van der Waals surface area contributed by atoms with E-state index < -0.39 is 0 Å². The quantitative estimate of drug-likeness (QED) is 0.340. The van der Waals surface area contributed by atoms with E-state index in [1.54, 1.807) is 36.2 Å². The maximum absolute atomic E-state index is 13.0. The van der Waals surface area contributed by atoms with E-state index in [1.807, 2.05) is 30.3 Å². The molecule has 0 aliphatic heterocycles. The number of nitrogens with one attached hydrogen (secondary N) is 2. The summed E-state index contributed by atoms with van der Waals surface area (Å²) in [6, 6.07) is 14.6. The van der Waals surface area contributed by atoms with Crippen LogP contribution in [0.5, 0.6) is 5.75 Å². The molecule has 0 radical (unpaired) electrons. The van der Waals surface area contributed by atoms with E-state index in [-0.39, 0.29) is 23.9 Å². The first-order valence-corrected chi connectivity index (χ1v) is 11.6. The number of benzene rings is 1. The van der Waals surface area contributed by atoms with Gasteiger partial charge in [0.15, 0.2) is 0 Å². The fraction of sp³-hybridized carbons (Fsp3) is 0.231. The summed E-state index contributed by atoms with van der Waals surface area (Å²) in [5.41, 5.74) is 3.45. The molecule has 1 atom stereocenters. The smallest absolute Gasteiger partial charge is 0.255 e. The van der Waals surface area contributed by atoms with Crippen LogP contribution < -0.4 is 15.6 Å². The van der Waals surface area contributed by atoms with Gasteiger partial charge in [0.25, 0.3) is 11.5 Å². The predicted octanol–water partition coefficient (Wildman–Crippen LogP) is 3.39. The Morgan fingerprint density at radius 2 is 2.00 bits per heavy atom. The normalized spacial score (nSPS) is 11.8. The lowest BCUT2D eigenvalue weighted by Gasteiger charge is -2.17. The topological polar surface area (TPSA) is 111 Å². The fourth-order valence-electron chi connectivity index (χ4n) is 3.87. The van der Waals surface area contributed by atoms with Crippen LogP contribution in [0.4, 0.5) is 0 Å². The molecular formula is C26H26ClN5O4. The lowest BCUT2D eigenvalue weighted by Crippen LogP contribution is -2.25. The molecule has 1 unspecified atom stereocenters. The minimum atomic E-state index is -0.296. The van der Waals surface area contributed by atoms with Gasteiger partial charge in [0, 0.05) is 37.8 Å². The van der Waals surface area contributed by atoms with Crippen molar-refractivity contribution in [1.82, 2.24) is 25.1 Å². The Morgan fingerprint density at radius 3 is 2.72 bits per heavy atom. The van der Waals surface area contributed by atoms with E-state index >= 15 is 0 Å². The largest absolute Gasteiger partial charge is 0.495 e. The van der Waals surface area contributed by atoms with Crippen molar-refractivity contribution < 1.29 is 14.3 Å². The molecule has 2 N–H and O–H groups in total. The highest BCUT2D eigenvalue weighted by Crippen LogP contribution is 2.27. The summed E-state index contributed by atoms with van der Waals surface area (Å²) in [6.45, 7) is 0.993. The number of aromatic amines is 1. The standard InChI is InChI=1S/C26H26ClN5O4/c1-35-16-21(18-8-6-17(7-9-18)15-32-10-4-3-5-24(32)33)25-20(13-30-31-25)26(34)29-12-19-11-23(36-2)22(27)14-28-19/h3-11,13-14,21H,12,15-16H2,1-2H3,(H,29,34)(H,30,31). The lowest BCUT2D eigenvalue weighted by atomic mass is 9.93. The van der Waals surface area contributed by atoms with Crippen LogP contribution in [-0.2, 0) is 17.8 Å². The van der Waals surface area contributed by atoms with Crippen molar-refractivity contribution in [2.75, 3.05) is 20.8 Å². The minimum Gasteiger partial charge on any atom is -0.495 e. The molecule has 1 aromatic carbocycles. The van der Waals surface area contributed by atoms with Gasteiger partial charge in [-0.2, -0.15) is 5.10 Å². The van der Waals surface area contributed by atoms with Crippen LogP contribution in [0.1, 0.15) is 38.8 Å². The third-order valence-corrected chi connectivity index (χ3v) is 6.02. The highest BCUT2D eigenvalue weighted by Gasteiger charge is 2.24. The number of aromatic nitrogens is 4. The first kappa shape index (κ1) is 25.2. The summed E-state index contributed by atoms with van der Waals surface area (Å²) >= 11 is 6.03. The van der Waals surface area contributed by atoms with Gasteiger partial charge in [0.2, 0.25) is 0 Å². The van der Waals surface area contributed by atoms with Crippen molar-refractivity contribution in [3.63, 3.8) is 0 Å². The highest BCUT2D eigenvalue weighted by atomic mass is 35.5. The number of nitrogens with zero attached hydrogens (tertiary/aromatic N) is 3. The molecule has 1 amide bonds. The number of carbonyl (C=O) groups is 1. The lowest BCUT2D eigenvalue weighted by molar-refractivity contribution is 0.0948. The summed E-state index contributed by atoms with van der Waals surface area (Å²) in [6.07, 6.45) is 4.81. The summed E-state index contributed by atoms with van der Waals surface area (Å²) in [5, 5.41) is 10.4. The van der Waals surface area contributed by atoms with Crippen LogP contribution in [0.25, 0.3) is 0 Å². The molecule has 4 rings (SSSR count). The Balaban J connectivity index is 1.50. The third-order valence-electron chi connectivity index (χ3n) is 5.74. The molecule has 10 heteroatoms. The number of hydrogen-bond donors (Lipinski definition) is 2. The number of rotatable bonds is 10. The van der Waals surface area contributed by atoms with Crippen molar-refractivity contribution >= 4 is 17.5 Å². The van der Waals surface area contributed by atoms with Gasteiger partial charge >= 0.3 is 0 Å². The molecule has 0 aliphatic carbocycles. The molecule has 0 spiro atoms. The highest BCUT2D eigenvalue weighted by molar-refractivity contribution is 6.31. The molecule has 0 saturated carbocycles. The second-order valence-corrected chi connectivity index (χ2v) is 8.50. The van der Waals surface area contributed by atoms with Gasteiger partial charge in [-0.05, 0) is 17.2 Å². The number of halogens is 1. The van der Waals surface area contributed by atoms with Crippen LogP contribution >= 0.6 is 11.6 Å². The minimum absolute atomic E-state index is 0.0572. The molecule has 0 bridgehead atoms. The second kappa shape index (κ2) is 11.7.